The smallest absolute Gasteiger partial charge is 0.381 e. The molecule has 7 nitrogen and oxygen atoms in total. The lowest BCUT2D eigenvalue weighted by Crippen LogP contribution is -2.32. The summed E-state index contributed by atoms with van der Waals surface area (Å²) in [5, 5.41) is 16.0. The van der Waals surface area contributed by atoms with Crippen LogP contribution in [0.3, 0.4) is 0 Å². The van der Waals surface area contributed by atoms with Crippen molar-refractivity contribution in [1.82, 2.24) is 24.9 Å². The summed E-state index contributed by atoms with van der Waals surface area (Å²) in [5.41, 5.74) is 0.525. The first kappa shape index (κ1) is 22.5. The van der Waals surface area contributed by atoms with Crippen molar-refractivity contribution in [1.29, 1.82) is 0 Å². The van der Waals surface area contributed by atoms with Crippen molar-refractivity contribution < 1.29 is 19.3 Å². The Labute approximate surface area is 209 Å². The molecule has 3 fully saturated rings. The molecule has 0 amide bonds. The van der Waals surface area contributed by atoms with Gasteiger partial charge in [0.2, 0.25) is 0 Å². The third-order valence-corrected chi connectivity index (χ3v) is 7.84. The number of nitrogens with one attached hydrogen (secondary N) is 1. The molecule has 2 saturated heterocycles. The van der Waals surface area contributed by atoms with E-state index < -0.39 is 17.8 Å². The number of benzene rings is 1. The van der Waals surface area contributed by atoms with Crippen LogP contribution in [-0.4, -0.2) is 63.7 Å². The zero-order chi connectivity index (χ0) is 25.8. The Kier molecular flexibility index (Phi) is 5.81. The molecule has 0 radical (unpaired) electrons. The van der Waals surface area contributed by atoms with Gasteiger partial charge in [0.05, 0.1) is 12.6 Å². The van der Waals surface area contributed by atoms with E-state index in [1.54, 1.807) is 36.1 Å². The van der Waals surface area contributed by atoms with Gasteiger partial charge in [0.1, 0.15) is 5.56 Å². The number of hydrogen-bond acceptors (Lipinski definition) is 6. The van der Waals surface area contributed by atoms with Crippen LogP contribution in [0.4, 0.5) is 19.0 Å². The van der Waals surface area contributed by atoms with Crippen molar-refractivity contribution in [2.75, 3.05) is 38.2 Å². The molecule has 1 N–H and O–H groups in total. The summed E-state index contributed by atoms with van der Waals surface area (Å²) in [6.45, 7) is 4.50. The summed E-state index contributed by atoms with van der Waals surface area (Å²) in [5.74, 6) is 0.886. The van der Waals surface area contributed by atoms with Crippen molar-refractivity contribution in [3.8, 4) is 11.3 Å². The van der Waals surface area contributed by atoms with Gasteiger partial charge in [-0.3, -0.25) is 4.68 Å². The first-order valence-corrected chi connectivity index (χ1v) is 12.6. The fourth-order valence-corrected chi connectivity index (χ4v) is 6.08. The summed E-state index contributed by atoms with van der Waals surface area (Å²) in [6, 6.07) is 5.05. The van der Waals surface area contributed by atoms with Gasteiger partial charge in [-0.2, -0.15) is 18.3 Å². The van der Waals surface area contributed by atoms with E-state index in [0.29, 0.717) is 36.2 Å². The summed E-state index contributed by atoms with van der Waals surface area (Å²) >= 11 is 0. The Morgan fingerprint density at radius 2 is 1.86 bits per heavy atom. The van der Waals surface area contributed by atoms with E-state index >= 15 is 0 Å². The lowest BCUT2D eigenvalue weighted by atomic mass is 10.00. The highest BCUT2D eigenvalue weighted by Gasteiger charge is 2.43. The van der Waals surface area contributed by atoms with E-state index in [9.17, 15) is 13.2 Å². The van der Waals surface area contributed by atoms with E-state index in [0.717, 1.165) is 62.7 Å². The van der Waals surface area contributed by atoms with E-state index in [4.69, 9.17) is 6.11 Å². The number of aromatic nitrogens is 4. The minimum absolute atomic E-state index is 0.134. The van der Waals surface area contributed by atoms with Crippen LogP contribution in [0.25, 0.3) is 22.2 Å². The average Bonchev–Trinajstić information content (AvgIpc) is 3.48. The molecule has 192 valence electrons. The largest absolute Gasteiger partial charge is 0.420 e. The van der Waals surface area contributed by atoms with Gasteiger partial charge in [-0.15, -0.1) is 10.2 Å². The Morgan fingerprint density at radius 3 is 2.58 bits per heavy atom. The zero-order valence-electron chi connectivity index (χ0n) is 21.3. The molecular weight excluding hydrogens is 469 g/mol. The predicted molar refractivity (Wildman–Crippen MR) is 130 cm³/mol. The van der Waals surface area contributed by atoms with Gasteiger partial charge in [0.15, 0.2) is 5.82 Å². The van der Waals surface area contributed by atoms with Gasteiger partial charge < -0.3 is 15.0 Å². The molecule has 6 rings (SSSR count). The minimum Gasteiger partial charge on any atom is -0.381 e. The second-order valence-corrected chi connectivity index (χ2v) is 10.5. The normalized spacial score (nSPS) is 27.9. The highest BCUT2D eigenvalue weighted by atomic mass is 19.4. The number of hydrogen-bond donors (Lipinski definition) is 1. The Morgan fingerprint density at radius 1 is 1.11 bits per heavy atom. The molecule has 4 heterocycles. The molecule has 2 aromatic heterocycles. The molecule has 1 aromatic carbocycles. The number of nitrogens with zero attached hydrogens (tertiary/aromatic N) is 5. The number of ether oxygens (including phenoxy) is 1. The van der Waals surface area contributed by atoms with E-state index in [1.165, 1.54) is 0 Å². The van der Waals surface area contributed by atoms with Crippen LogP contribution in [0, 0.1) is 17.8 Å². The van der Waals surface area contributed by atoms with Crippen molar-refractivity contribution in [3.05, 3.63) is 36.0 Å². The third kappa shape index (κ3) is 4.80. The monoisotopic (exact) mass is 501 g/mol. The van der Waals surface area contributed by atoms with E-state index in [2.05, 4.69) is 25.5 Å². The molecule has 36 heavy (non-hydrogen) atoms. The molecule has 3 atom stereocenters. The van der Waals surface area contributed by atoms with Gasteiger partial charge in [-0.25, -0.2) is 0 Å². The molecular formula is C26H31F3N6O. The molecule has 1 saturated carbocycles. The summed E-state index contributed by atoms with van der Waals surface area (Å²) in [7, 11) is 1.79. The van der Waals surface area contributed by atoms with E-state index in [-0.39, 0.29) is 11.5 Å². The highest BCUT2D eigenvalue weighted by molar-refractivity contribution is 5.83. The van der Waals surface area contributed by atoms with Crippen LogP contribution in [0.2, 0.25) is 0 Å². The molecule has 0 spiro atoms. The van der Waals surface area contributed by atoms with Crippen molar-refractivity contribution in [3.63, 3.8) is 0 Å². The first-order valence-electron chi connectivity index (χ1n) is 13.1. The second-order valence-electron chi connectivity index (χ2n) is 10.5. The molecule has 1 aliphatic carbocycles. The fourth-order valence-electron chi connectivity index (χ4n) is 6.08. The lowest BCUT2D eigenvalue weighted by molar-refractivity contribution is -0.137. The third-order valence-electron chi connectivity index (χ3n) is 7.84. The maximum atomic E-state index is 14.1. The molecule has 10 heteroatoms. The van der Waals surface area contributed by atoms with Gasteiger partial charge in [-0.1, -0.05) is 6.07 Å². The molecule has 2 aliphatic heterocycles. The van der Waals surface area contributed by atoms with Gasteiger partial charge in [-0.05, 0) is 61.6 Å². The molecule has 1 unspecified atom stereocenters. The number of halogens is 3. The topological polar surface area (TPSA) is 68.1 Å². The second kappa shape index (κ2) is 9.30. The maximum absolute atomic E-state index is 14.1. The van der Waals surface area contributed by atoms with Crippen LogP contribution in [0.15, 0.2) is 30.5 Å². The van der Waals surface area contributed by atoms with Crippen molar-refractivity contribution >= 4 is 16.7 Å². The van der Waals surface area contributed by atoms with E-state index in [1.807, 2.05) is 0 Å². The SMILES string of the molecule is [2H]C1(Nc2nnc(-c3ccc4nn(C)cc4c3)cc2C(F)(F)F)C[C@H]2CN(CC3CCOCC3)C[C@H]2C1. The standard InChI is InChI=1S/C26H31F3N6O/c1-34-13-20-8-17(2-3-23(20)33-34)24-11-22(26(27,28)29)25(32-31-24)30-21-9-18-14-35(15-19(18)10-21)12-16-4-6-36-7-5-16/h2-3,8,11,13,16,18-19,21H,4-7,9-10,12,14-15H2,1H3,(H,30,32)/t18-,19+,21?/i21D. The van der Waals surface area contributed by atoms with Crippen LogP contribution >= 0.6 is 0 Å². The number of fused-ring (bicyclic) bond motifs is 2. The molecule has 0 bridgehead atoms. The molecule has 3 aliphatic rings. The first-order chi connectivity index (χ1) is 17.6. The summed E-state index contributed by atoms with van der Waals surface area (Å²) < 4.78 is 58.4. The number of rotatable bonds is 5. The zero-order valence-corrected chi connectivity index (χ0v) is 20.3. The Bertz CT molecular complexity index is 1280. The van der Waals surface area contributed by atoms with Crippen LogP contribution in [0.1, 0.15) is 32.6 Å². The molecule has 3 aromatic rings. The Balaban J connectivity index is 1.18. The fraction of sp³-hybridized carbons (Fsp3) is 0.577. The average molecular weight is 502 g/mol. The van der Waals surface area contributed by atoms with Crippen molar-refractivity contribution in [2.24, 2.45) is 24.8 Å². The van der Waals surface area contributed by atoms with Crippen molar-refractivity contribution in [2.45, 2.75) is 37.9 Å². The van der Waals surface area contributed by atoms with Gasteiger partial charge in [0.25, 0.3) is 0 Å². The van der Waals surface area contributed by atoms with Crippen LogP contribution < -0.4 is 5.32 Å². The van der Waals surface area contributed by atoms with Gasteiger partial charge >= 0.3 is 6.18 Å². The number of likely N-dealkylation sites (tertiary alicyclic amines) is 1. The number of alkyl halides is 3. The maximum Gasteiger partial charge on any atom is 0.420 e. The number of aryl methyl sites for hydroxylation is 1. The number of anilines is 1. The summed E-state index contributed by atoms with van der Waals surface area (Å²) in [4.78, 5) is 2.47. The highest BCUT2D eigenvalue weighted by Crippen LogP contribution is 2.42. The van der Waals surface area contributed by atoms with Crippen LogP contribution in [0.5, 0.6) is 0 Å². The summed E-state index contributed by atoms with van der Waals surface area (Å²) in [6.07, 6.45) is 0.345. The van der Waals surface area contributed by atoms with Gasteiger partial charge in [0, 0.05) is 63.1 Å². The Hall–Kier alpha value is -2.72. The van der Waals surface area contributed by atoms with Crippen LogP contribution in [-0.2, 0) is 18.0 Å². The quantitative estimate of drug-likeness (QED) is 0.551. The predicted octanol–water partition coefficient (Wildman–Crippen LogP) is 4.60. The minimum atomic E-state index is -4.63. The lowest BCUT2D eigenvalue weighted by Gasteiger charge is -2.28.